The number of hydrogen-bond acceptors (Lipinski definition) is 10. The van der Waals surface area contributed by atoms with Crippen molar-refractivity contribution in [2.24, 2.45) is 23.7 Å². The first kappa shape index (κ1) is 39.7. The molecule has 312 valence electrons. The van der Waals surface area contributed by atoms with Gasteiger partial charge in [0.25, 0.3) is 11.8 Å². The van der Waals surface area contributed by atoms with Crippen LogP contribution in [0.15, 0.2) is 131 Å². The van der Waals surface area contributed by atoms with E-state index in [1.54, 1.807) is 79.9 Å². The standard InChI is InChI=1S/C48H38Cl2N4O8/c1-60-30-17-12-27(13-18-30)48-35(45(57)54(47(48)59)52-37-21-14-28(49)24-36(37)50)25-34-31(42(48)32-6-2-4-8-39(32)61-23-22-55)19-20-33-41(34)46(58)53(44(33)56)29-15-10-26(11-16-29)43-51-38-7-3-5-9-40(38)62-43/h2-19,21,24,33-35,41-42,52,55H,20,22-23,25H2,1H3. The van der Waals surface area contributed by atoms with Gasteiger partial charge >= 0.3 is 0 Å². The molecule has 3 heterocycles. The number of allylic oxidation sites excluding steroid dienone is 2. The van der Waals surface area contributed by atoms with Crippen LogP contribution in [0.3, 0.4) is 0 Å². The van der Waals surface area contributed by atoms with Crippen molar-refractivity contribution in [3.63, 3.8) is 0 Å². The third-order valence-electron chi connectivity index (χ3n) is 12.8. The maximum atomic E-state index is 15.6. The van der Waals surface area contributed by atoms with Gasteiger partial charge in [0.05, 0.1) is 53.3 Å². The van der Waals surface area contributed by atoms with E-state index in [9.17, 15) is 14.7 Å². The molecule has 6 atom stereocenters. The van der Waals surface area contributed by atoms with E-state index in [4.69, 9.17) is 37.1 Å². The van der Waals surface area contributed by atoms with Crippen molar-refractivity contribution < 1.29 is 38.2 Å². The second-order valence-electron chi connectivity index (χ2n) is 15.9. The Bertz CT molecular complexity index is 2790. The zero-order valence-electron chi connectivity index (χ0n) is 33.2. The van der Waals surface area contributed by atoms with E-state index in [2.05, 4.69) is 10.4 Å². The molecule has 0 spiro atoms. The molecule has 2 N–H and O–H groups in total. The quantitative estimate of drug-likeness (QED) is 0.102. The summed E-state index contributed by atoms with van der Waals surface area (Å²) in [6.45, 7) is -0.294. The highest BCUT2D eigenvalue weighted by Crippen LogP contribution is 2.65. The Balaban J connectivity index is 1.10. The lowest BCUT2D eigenvalue weighted by Crippen LogP contribution is -2.53. The van der Waals surface area contributed by atoms with Crippen LogP contribution in [0.4, 0.5) is 11.4 Å². The molecule has 0 bridgehead atoms. The number of hydrazine groups is 1. The largest absolute Gasteiger partial charge is 0.497 e. The van der Waals surface area contributed by atoms with Crippen LogP contribution < -0.4 is 19.8 Å². The van der Waals surface area contributed by atoms with Crippen molar-refractivity contribution in [2.75, 3.05) is 30.6 Å². The summed E-state index contributed by atoms with van der Waals surface area (Å²) in [5, 5.41) is 11.4. The minimum atomic E-state index is -1.59. The summed E-state index contributed by atoms with van der Waals surface area (Å²) in [5.41, 5.74) is 6.04. The lowest BCUT2D eigenvalue weighted by atomic mass is 9.49. The highest BCUT2D eigenvalue weighted by Gasteiger charge is 2.70. The molecule has 1 aromatic heterocycles. The summed E-state index contributed by atoms with van der Waals surface area (Å²) < 4.78 is 17.6. The Morgan fingerprint density at radius 2 is 1.63 bits per heavy atom. The molecule has 4 aliphatic rings. The fourth-order valence-electron chi connectivity index (χ4n) is 10.2. The molecule has 62 heavy (non-hydrogen) atoms. The molecule has 1 saturated carbocycles. The van der Waals surface area contributed by atoms with Crippen LogP contribution in [0.25, 0.3) is 22.6 Å². The van der Waals surface area contributed by atoms with Crippen molar-refractivity contribution >= 4 is 69.3 Å². The Labute approximate surface area is 365 Å². The number of benzene rings is 5. The smallest absolute Gasteiger partial charge is 0.260 e. The Hall–Kier alpha value is -6.47. The van der Waals surface area contributed by atoms with Crippen molar-refractivity contribution in [3.05, 3.63) is 148 Å². The number of anilines is 2. The molecule has 3 fully saturated rings. The summed E-state index contributed by atoms with van der Waals surface area (Å²) in [6, 6.07) is 33.4. The molecule has 10 rings (SSSR count). The van der Waals surface area contributed by atoms with Gasteiger partial charge in [0.15, 0.2) is 5.58 Å². The number of oxazole rings is 1. The second kappa shape index (κ2) is 15.5. The average Bonchev–Trinajstić information content (AvgIpc) is 3.91. The number of methoxy groups -OCH3 is 1. The Kier molecular flexibility index (Phi) is 9.89. The lowest BCUT2D eigenvalue weighted by molar-refractivity contribution is -0.138. The van der Waals surface area contributed by atoms with E-state index < -0.39 is 46.8 Å². The van der Waals surface area contributed by atoms with E-state index in [0.29, 0.717) is 55.9 Å². The van der Waals surface area contributed by atoms with E-state index in [0.717, 1.165) is 10.6 Å². The molecular weight excluding hydrogens is 831 g/mol. The van der Waals surface area contributed by atoms with Gasteiger partial charge in [-0.05, 0) is 97.1 Å². The third-order valence-corrected chi connectivity index (χ3v) is 13.4. The van der Waals surface area contributed by atoms with Crippen molar-refractivity contribution in [1.82, 2.24) is 9.99 Å². The zero-order chi connectivity index (χ0) is 42.9. The lowest BCUT2D eigenvalue weighted by Gasteiger charge is -2.50. The number of hydrogen-bond donors (Lipinski definition) is 2. The predicted molar refractivity (Wildman–Crippen MR) is 232 cm³/mol. The molecule has 2 aliphatic carbocycles. The number of aliphatic hydroxyl groups excluding tert-OH is 1. The number of halogens is 2. The van der Waals surface area contributed by atoms with Gasteiger partial charge in [-0.2, -0.15) is 5.01 Å². The second-order valence-corrected chi connectivity index (χ2v) is 16.7. The molecule has 5 aromatic carbocycles. The van der Waals surface area contributed by atoms with Gasteiger partial charge in [0.1, 0.15) is 23.6 Å². The van der Waals surface area contributed by atoms with Crippen molar-refractivity contribution in [3.8, 4) is 23.0 Å². The fourth-order valence-corrected chi connectivity index (χ4v) is 10.6. The normalized spacial score (nSPS) is 24.2. The van der Waals surface area contributed by atoms with Gasteiger partial charge in [-0.15, -0.1) is 0 Å². The third kappa shape index (κ3) is 6.11. The van der Waals surface area contributed by atoms with Crippen LogP contribution in [-0.2, 0) is 24.6 Å². The van der Waals surface area contributed by atoms with Crippen LogP contribution in [0.2, 0.25) is 10.0 Å². The van der Waals surface area contributed by atoms with Gasteiger partial charge in [0, 0.05) is 22.1 Å². The summed E-state index contributed by atoms with van der Waals surface area (Å²) in [5.74, 6) is -4.50. The van der Waals surface area contributed by atoms with Gasteiger partial charge in [-0.25, -0.2) is 4.98 Å². The number of ether oxygens (including phenoxy) is 2. The van der Waals surface area contributed by atoms with Crippen LogP contribution in [0, 0.1) is 23.7 Å². The van der Waals surface area contributed by atoms with Crippen LogP contribution in [0.1, 0.15) is 29.9 Å². The Morgan fingerprint density at radius 3 is 2.37 bits per heavy atom. The molecule has 4 amide bonds. The molecule has 14 heteroatoms. The molecular formula is C48H38Cl2N4O8. The van der Waals surface area contributed by atoms with E-state index in [1.807, 2.05) is 42.5 Å². The molecule has 6 unspecified atom stereocenters. The number of rotatable bonds is 10. The first-order chi connectivity index (χ1) is 30.1. The number of amides is 4. The maximum Gasteiger partial charge on any atom is 0.260 e. The molecule has 2 aliphatic heterocycles. The van der Waals surface area contributed by atoms with Gasteiger partial charge in [-0.1, -0.05) is 77.3 Å². The topological polar surface area (TPSA) is 152 Å². The predicted octanol–water partition coefficient (Wildman–Crippen LogP) is 8.37. The van der Waals surface area contributed by atoms with E-state index in [1.165, 1.54) is 11.0 Å². The number of fused-ring (bicyclic) bond motifs is 5. The minimum Gasteiger partial charge on any atom is -0.497 e. The molecule has 6 aromatic rings. The van der Waals surface area contributed by atoms with Crippen molar-refractivity contribution in [1.29, 1.82) is 0 Å². The monoisotopic (exact) mass is 868 g/mol. The van der Waals surface area contributed by atoms with Gasteiger partial charge < -0.3 is 19.0 Å². The molecule has 2 saturated heterocycles. The number of carbonyl (C=O) groups is 4. The number of aromatic nitrogens is 1. The summed E-state index contributed by atoms with van der Waals surface area (Å²) in [7, 11) is 1.55. The number of para-hydroxylation sites is 3. The number of nitrogens with zero attached hydrogens (tertiary/aromatic N) is 3. The summed E-state index contributed by atoms with van der Waals surface area (Å²) in [6.07, 6.45) is 2.29. The Morgan fingerprint density at radius 1 is 0.871 bits per heavy atom. The highest BCUT2D eigenvalue weighted by atomic mass is 35.5. The molecule has 0 radical (unpaired) electrons. The SMILES string of the molecule is COc1ccc(C23C(=O)N(Nc4ccc(Cl)cc4Cl)C(=O)C2CC2C(=CCC4C(=O)N(c5ccc(-c6nc7ccccc7o6)cc5)C(=O)C42)C3c2ccccc2OCCO)cc1. The molecule has 12 nitrogen and oxygen atoms in total. The number of imide groups is 2. The van der Waals surface area contributed by atoms with E-state index >= 15 is 9.59 Å². The number of carbonyl (C=O) groups excluding carboxylic acids is 4. The van der Waals surface area contributed by atoms with Crippen LogP contribution in [0.5, 0.6) is 11.5 Å². The first-order valence-corrected chi connectivity index (χ1v) is 21.0. The summed E-state index contributed by atoms with van der Waals surface area (Å²) in [4.78, 5) is 66.0. The van der Waals surface area contributed by atoms with Gasteiger partial charge in [0.2, 0.25) is 17.7 Å². The maximum absolute atomic E-state index is 15.6. The van der Waals surface area contributed by atoms with Crippen LogP contribution >= 0.6 is 23.2 Å². The number of nitrogens with one attached hydrogen (secondary N) is 1. The highest BCUT2D eigenvalue weighted by molar-refractivity contribution is 6.36. The zero-order valence-corrected chi connectivity index (χ0v) is 34.7. The number of aliphatic hydroxyl groups is 1. The fraction of sp³-hybridized carbons (Fsp3) is 0.229. The first-order valence-electron chi connectivity index (χ1n) is 20.2. The van der Waals surface area contributed by atoms with Gasteiger partial charge in [-0.3, -0.25) is 29.5 Å². The van der Waals surface area contributed by atoms with Crippen LogP contribution in [-0.4, -0.2) is 59.1 Å². The summed E-state index contributed by atoms with van der Waals surface area (Å²) >= 11 is 12.8. The average molecular weight is 870 g/mol. The minimum absolute atomic E-state index is 0.0291. The van der Waals surface area contributed by atoms with Crippen molar-refractivity contribution in [2.45, 2.75) is 24.2 Å². The van der Waals surface area contributed by atoms with E-state index in [-0.39, 0.29) is 48.6 Å².